The first-order valence-electron chi connectivity index (χ1n) is 11.0. The Morgan fingerprint density at radius 1 is 1.14 bits per heavy atom. The normalized spacial score (nSPS) is 36.0. The average molecular weight is 394 g/mol. The number of amides is 2. The van der Waals surface area contributed by atoms with E-state index in [-0.39, 0.29) is 23.0 Å². The molecule has 0 radical (unpaired) electrons. The zero-order valence-corrected chi connectivity index (χ0v) is 17.1. The third-order valence-corrected chi connectivity index (χ3v) is 7.30. The second kappa shape index (κ2) is 7.92. The van der Waals surface area contributed by atoms with E-state index in [1.54, 1.807) is 0 Å². The van der Waals surface area contributed by atoms with Crippen molar-refractivity contribution in [3.05, 3.63) is 0 Å². The van der Waals surface area contributed by atoms with Gasteiger partial charge in [0.15, 0.2) is 0 Å². The molecule has 0 aromatic carbocycles. The van der Waals surface area contributed by atoms with Crippen molar-refractivity contribution in [3.63, 3.8) is 0 Å². The number of piperidine rings is 1. The van der Waals surface area contributed by atoms with Gasteiger partial charge >= 0.3 is 0 Å². The molecule has 0 aromatic rings. The third kappa shape index (κ3) is 3.57. The molecule has 1 saturated carbocycles. The van der Waals surface area contributed by atoms with Gasteiger partial charge in [0, 0.05) is 26.6 Å². The van der Waals surface area contributed by atoms with Crippen LogP contribution in [0, 0.1) is 5.41 Å². The smallest absolute Gasteiger partial charge is 0.229 e. The van der Waals surface area contributed by atoms with Crippen molar-refractivity contribution in [2.24, 2.45) is 5.41 Å². The van der Waals surface area contributed by atoms with E-state index in [1.807, 2.05) is 0 Å². The number of rotatable bonds is 7. The van der Waals surface area contributed by atoms with Crippen molar-refractivity contribution in [2.45, 2.75) is 82.0 Å². The molecule has 7 nitrogen and oxygen atoms in total. The Kier molecular flexibility index (Phi) is 5.69. The van der Waals surface area contributed by atoms with Gasteiger partial charge < -0.3 is 25.4 Å². The first kappa shape index (κ1) is 20.1. The van der Waals surface area contributed by atoms with Crippen molar-refractivity contribution in [3.8, 4) is 0 Å². The molecular formula is C21H35N3O4. The van der Waals surface area contributed by atoms with Gasteiger partial charge in [-0.1, -0.05) is 0 Å². The number of hydrogen-bond donors (Lipinski definition) is 3. The molecule has 28 heavy (non-hydrogen) atoms. The molecule has 3 N–H and O–H groups in total. The van der Waals surface area contributed by atoms with Gasteiger partial charge in [0.25, 0.3) is 0 Å². The summed E-state index contributed by atoms with van der Waals surface area (Å²) in [6.07, 6.45) is 9.07. The van der Waals surface area contributed by atoms with Crippen molar-refractivity contribution in [2.75, 3.05) is 32.8 Å². The summed E-state index contributed by atoms with van der Waals surface area (Å²) < 4.78 is 12.4. The van der Waals surface area contributed by atoms with Crippen LogP contribution in [0.15, 0.2) is 0 Å². The van der Waals surface area contributed by atoms with Crippen LogP contribution >= 0.6 is 0 Å². The molecule has 0 aromatic heterocycles. The molecule has 1 unspecified atom stereocenters. The zero-order valence-electron chi connectivity index (χ0n) is 17.1. The monoisotopic (exact) mass is 393 g/mol. The summed E-state index contributed by atoms with van der Waals surface area (Å²) >= 11 is 0. The summed E-state index contributed by atoms with van der Waals surface area (Å²) in [5, 5.41) is 9.51. The summed E-state index contributed by atoms with van der Waals surface area (Å²) in [4.78, 5) is 24.7. The van der Waals surface area contributed by atoms with E-state index in [2.05, 4.69) is 16.0 Å². The van der Waals surface area contributed by atoms with Crippen LogP contribution < -0.4 is 16.0 Å². The van der Waals surface area contributed by atoms with Gasteiger partial charge in [-0.15, -0.1) is 0 Å². The lowest BCUT2D eigenvalue weighted by atomic mass is 9.53. The molecule has 4 aliphatic heterocycles. The van der Waals surface area contributed by atoms with Gasteiger partial charge in [-0.2, -0.15) is 0 Å². The number of ether oxygens (including phenoxy) is 2. The lowest BCUT2D eigenvalue weighted by Crippen LogP contribution is -2.61. The molecule has 5 fully saturated rings. The molecule has 5 aliphatic rings. The molecule has 7 heteroatoms. The predicted molar refractivity (Wildman–Crippen MR) is 105 cm³/mol. The Hall–Kier alpha value is -1.18. The highest BCUT2D eigenvalue weighted by molar-refractivity contribution is 5.87. The SMILES string of the molecule is CC(=O)NCC12CC(C(=O)NCCCC3CCCCO3)(C1)C1(CCNCC1)O2. The van der Waals surface area contributed by atoms with Gasteiger partial charge in [-0.05, 0) is 70.9 Å². The number of carbonyl (C=O) groups excluding carboxylic acids is 2. The van der Waals surface area contributed by atoms with Gasteiger partial charge in [-0.3, -0.25) is 9.59 Å². The van der Waals surface area contributed by atoms with Crippen LogP contribution in [0.4, 0.5) is 0 Å². The van der Waals surface area contributed by atoms with E-state index in [0.29, 0.717) is 19.2 Å². The fourth-order valence-electron chi connectivity index (χ4n) is 5.92. The third-order valence-electron chi connectivity index (χ3n) is 7.30. The van der Waals surface area contributed by atoms with Gasteiger partial charge in [0.05, 0.1) is 22.7 Å². The number of carbonyl (C=O) groups is 2. The van der Waals surface area contributed by atoms with E-state index >= 15 is 0 Å². The Morgan fingerprint density at radius 3 is 2.61 bits per heavy atom. The second-order valence-corrected chi connectivity index (χ2v) is 9.26. The van der Waals surface area contributed by atoms with E-state index < -0.39 is 5.41 Å². The van der Waals surface area contributed by atoms with Crippen LogP contribution in [0.2, 0.25) is 0 Å². The summed E-state index contributed by atoms with van der Waals surface area (Å²) in [6, 6.07) is 0. The Labute approximate surface area is 167 Å². The van der Waals surface area contributed by atoms with E-state index in [4.69, 9.17) is 9.47 Å². The maximum atomic E-state index is 13.3. The number of nitrogens with one attached hydrogen (secondary N) is 3. The topological polar surface area (TPSA) is 88.7 Å². The predicted octanol–water partition coefficient (Wildman–Crippen LogP) is 1.26. The van der Waals surface area contributed by atoms with Crippen molar-refractivity contribution < 1.29 is 19.1 Å². The molecular weight excluding hydrogens is 358 g/mol. The lowest BCUT2D eigenvalue weighted by Gasteiger charge is -2.48. The van der Waals surface area contributed by atoms with E-state index in [0.717, 1.165) is 64.6 Å². The van der Waals surface area contributed by atoms with Gasteiger partial charge in [0.1, 0.15) is 0 Å². The first-order chi connectivity index (χ1) is 13.5. The standard InChI is InChI=1S/C21H35N3O4/c1-16(25)24-15-19-13-20(14-19,21(28-19)7-10-22-11-8-21)18(26)23-9-4-6-17-5-2-3-12-27-17/h17,22H,2-15H2,1H3,(H,23,26)(H,24,25). The van der Waals surface area contributed by atoms with Crippen molar-refractivity contribution >= 4 is 11.8 Å². The van der Waals surface area contributed by atoms with Crippen LogP contribution in [-0.4, -0.2) is 61.9 Å². The second-order valence-electron chi connectivity index (χ2n) is 9.26. The summed E-state index contributed by atoms with van der Waals surface area (Å²) in [7, 11) is 0. The highest BCUT2D eigenvalue weighted by Crippen LogP contribution is 2.68. The molecule has 2 amide bonds. The summed E-state index contributed by atoms with van der Waals surface area (Å²) in [5.74, 6) is 0.103. The van der Waals surface area contributed by atoms with Crippen LogP contribution in [0.25, 0.3) is 0 Å². The molecule has 4 saturated heterocycles. The van der Waals surface area contributed by atoms with Crippen molar-refractivity contribution in [1.29, 1.82) is 0 Å². The minimum absolute atomic E-state index is 0.0453. The Bertz CT molecular complexity index is 590. The molecule has 1 atom stereocenters. The zero-order chi connectivity index (χ0) is 19.7. The van der Waals surface area contributed by atoms with Crippen LogP contribution in [0.1, 0.15) is 64.7 Å². The fourth-order valence-corrected chi connectivity index (χ4v) is 5.92. The average Bonchev–Trinajstić information content (AvgIpc) is 3.09. The highest BCUT2D eigenvalue weighted by Gasteiger charge is 2.77. The quantitative estimate of drug-likeness (QED) is 0.567. The van der Waals surface area contributed by atoms with E-state index in [1.165, 1.54) is 19.8 Å². The van der Waals surface area contributed by atoms with E-state index in [9.17, 15) is 9.59 Å². The largest absolute Gasteiger partial charge is 0.378 e. The molecule has 4 heterocycles. The van der Waals surface area contributed by atoms with Crippen molar-refractivity contribution in [1.82, 2.24) is 16.0 Å². The van der Waals surface area contributed by atoms with Crippen LogP contribution in [0.5, 0.6) is 0 Å². The molecule has 1 spiro atoms. The van der Waals surface area contributed by atoms with Crippen LogP contribution in [-0.2, 0) is 19.1 Å². The van der Waals surface area contributed by atoms with Gasteiger partial charge in [-0.25, -0.2) is 0 Å². The first-order valence-corrected chi connectivity index (χ1v) is 11.0. The maximum absolute atomic E-state index is 13.3. The molecule has 1 aliphatic carbocycles. The van der Waals surface area contributed by atoms with Crippen LogP contribution in [0.3, 0.4) is 0 Å². The van der Waals surface area contributed by atoms with Gasteiger partial charge in [0.2, 0.25) is 11.8 Å². The summed E-state index contributed by atoms with van der Waals surface area (Å²) in [5.41, 5.74) is -1.18. The summed E-state index contributed by atoms with van der Waals surface area (Å²) in [6.45, 7) is 5.37. The Balaban J connectivity index is 1.34. The highest BCUT2D eigenvalue weighted by atomic mass is 16.5. The fraction of sp³-hybridized carbons (Fsp3) is 0.905. The number of hydrogen-bond acceptors (Lipinski definition) is 5. The maximum Gasteiger partial charge on any atom is 0.229 e. The molecule has 5 rings (SSSR count). The minimum atomic E-state index is -0.436. The lowest BCUT2D eigenvalue weighted by molar-refractivity contribution is -0.141. The Morgan fingerprint density at radius 2 is 1.93 bits per heavy atom. The minimum Gasteiger partial charge on any atom is -0.378 e. The molecule has 2 bridgehead atoms. The molecule has 158 valence electrons.